The molecule has 1 saturated heterocycles. The summed E-state index contributed by atoms with van der Waals surface area (Å²) in [7, 11) is 2.21. The minimum atomic E-state index is 0.221. The van der Waals surface area contributed by atoms with Crippen LogP contribution in [-0.2, 0) is 0 Å². The molecule has 0 saturated carbocycles. The molecule has 0 amide bonds. The Morgan fingerprint density at radius 1 is 1.37 bits per heavy atom. The predicted octanol–water partition coefficient (Wildman–Crippen LogP) is 2.43. The highest BCUT2D eigenvalue weighted by Gasteiger charge is 2.31. The van der Waals surface area contributed by atoms with Crippen LogP contribution in [0.4, 0.5) is 11.5 Å². The quantitative estimate of drug-likeness (QED) is 0.903. The van der Waals surface area contributed by atoms with Crippen molar-refractivity contribution in [3.63, 3.8) is 0 Å². The molecule has 0 aliphatic carbocycles. The SMILES string of the molecule is CCCNc1cc(N2CCN(C)C(C)(C)C2)ccn1. The number of anilines is 2. The Morgan fingerprint density at radius 3 is 2.84 bits per heavy atom. The molecule has 1 fully saturated rings. The summed E-state index contributed by atoms with van der Waals surface area (Å²) in [6.07, 6.45) is 3.02. The number of likely N-dealkylation sites (N-methyl/N-ethyl adjacent to an activating group) is 1. The van der Waals surface area contributed by atoms with Crippen LogP contribution in [0.25, 0.3) is 0 Å². The number of rotatable bonds is 4. The van der Waals surface area contributed by atoms with Crippen LogP contribution in [0.15, 0.2) is 18.3 Å². The first-order valence-corrected chi connectivity index (χ1v) is 7.19. The molecule has 4 nitrogen and oxygen atoms in total. The predicted molar refractivity (Wildman–Crippen MR) is 81.9 cm³/mol. The van der Waals surface area contributed by atoms with E-state index in [0.29, 0.717) is 0 Å². The summed E-state index contributed by atoms with van der Waals surface area (Å²) in [5, 5.41) is 3.36. The molecule has 1 aromatic heterocycles. The fraction of sp³-hybridized carbons (Fsp3) is 0.667. The summed E-state index contributed by atoms with van der Waals surface area (Å²) in [6, 6.07) is 4.27. The van der Waals surface area contributed by atoms with Crippen LogP contribution in [-0.4, -0.2) is 48.6 Å². The number of piperazine rings is 1. The lowest BCUT2D eigenvalue weighted by Gasteiger charge is -2.46. The number of hydrogen-bond donors (Lipinski definition) is 1. The van der Waals surface area contributed by atoms with E-state index >= 15 is 0 Å². The van der Waals surface area contributed by atoms with Crippen molar-refractivity contribution in [3.05, 3.63) is 18.3 Å². The lowest BCUT2D eigenvalue weighted by Crippen LogP contribution is -2.57. The van der Waals surface area contributed by atoms with Gasteiger partial charge in [-0.2, -0.15) is 0 Å². The van der Waals surface area contributed by atoms with Crippen molar-refractivity contribution in [1.29, 1.82) is 0 Å². The highest BCUT2D eigenvalue weighted by molar-refractivity contribution is 5.54. The smallest absolute Gasteiger partial charge is 0.127 e. The molecule has 2 heterocycles. The largest absolute Gasteiger partial charge is 0.370 e. The molecule has 0 atom stereocenters. The van der Waals surface area contributed by atoms with Gasteiger partial charge in [0.2, 0.25) is 0 Å². The van der Waals surface area contributed by atoms with Crippen molar-refractivity contribution < 1.29 is 0 Å². The number of nitrogens with one attached hydrogen (secondary N) is 1. The molecule has 0 aromatic carbocycles. The zero-order valence-corrected chi connectivity index (χ0v) is 12.6. The van der Waals surface area contributed by atoms with Crippen LogP contribution >= 0.6 is 0 Å². The maximum absolute atomic E-state index is 4.37. The second kappa shape index (κ2) is 5.78. The van der Waals surface area contributed by atoms with Gasteiger partial charge in [-0.3, -0.25) is 4.90 Å². The average Bonchev–Trinajstić information content (AvgIpc) is 2.40. The van der Waals surface area contributed by atoms with Gasteiger partial charge in [0.25, 0.3) is 0 Å². The molecule has 19 heavy (non-hydrogen) atoms. The van der Waals surface area contributed by atoms with E-state index in [0.717, 1.165) is 38.4 Å². The summed E-state index contributed by atoms with van der Waals surface area (Å²) in [4.78, 5) is 9.26. The zero-order chi connectivity index (χ0) is 13.9. The molecule has 1 aromatic rings. The zero-order valence-electron chi connectivity index (χ0n) is 12.6. The van der Waals surface area contributed by atoms with Gasteiger partial charge in [0.15, 0.2) is 0 Å². The first-order chi connectivity index (χ1) is 9.03. The van der Waals surface area contributed by atoms with E-state index in [2.05, 4.69) is 60.1 Å². The van der Waals surface area contributed by atoms with Gasteiger partial charge in [0.05, 0.1) is 0 Å². The number of aromatic nitrogens is 1. The highest BCUT2D eigenvalue weighted by atomic mass is 15.3. The van der Waals surface area contributed by atoms with Crippen LogP contribution < -0.4 is 10.2 Å². The maximum Gasteiger partial charge on any atom is 0.127 e. The van der Waals surface area contributed by atoms with Gasteiger partial charge in [0.1, 0.15) is 5.82 Å². The minimum absolute atomic E-state index is 0.221. The molecule has 0 unspecified atom stereocenters. The molecule has 0 spiro atoms. The van der Waals surface area contributed by atoms with Gasteiger partial charge in [-0.05, 0) is 33.4 Å². The van der Waals surface area contributed by atoms with E-state index in [-0.39, 0.29) is 5.54 Å². The summed E-state index contributed by atoms with van der Waals surface area (Å²) in [5.74, 6) is 0.982. The second-order valence-electron chi connectivity index (χ2n) is 5.98. The molecule has 4 heteroatoms. The van der Waals surface area contributed by atoms with Crippen molar-refractivity contribution in [2.45, 2.75) is 32.7 Å². The van der Waals surface area contributed by atoms with E-state index in [1.54, 1.807) is 0 Å². The van der Waals surface area contributed by atoms with Crippen LogP contribution in [0.2, 0.25) is 0 Å². The van der Waals surface area contributed by atoms with Gasteiger partial charge in [-0.25, -0.2) is 4.98 Å². The van der Waals surface area contributed by atoms with E-state index < -0.39 is 0 Å². The fourth-order valence-corrected chi connectivity index (χ4v) is 2.43. The summed E-state index contributed by atoms with van der Waals surface area (Å²) < 4.78 is 0. The van der Waals surface area contributed by atoms with Crippen LogP contribution in [0.3, 0.4) is 0 Å². The Kier molecular flexibility index (Phi) is 4.30. The molecule has 1 aliphatic heterocycles. The molecule has 0 radical (unpaired) electrons. The average molecular weight is 262 g/mol. The third-order valence-corrected chi connectivity index (χ3v) is 3.98. The topological polar surface area (TPSA) is 31.4 Å². The van der Waals surface area contributed by atoms with Crippen molar-refractivity contribution in [1.82, 2.24) is 9.88 Å². The second-order valence-corrected chi connectivity index (χ2v) is 5.98. The van der Waals surface area contributed by atoms with E-state index in [1.165, 1.54) is 5.69 Å². The molecular formula is C15H26N4. The summed E-state index contributed by atoms with van der Waals surface area (Å²) >= 11 is 0. The Hall–Kier alpha value is -1.29. The van der Waals surface area contributed by atoms with Crippen molar-refractivity contribution in [2.75, 3.05) is 43.4 Å². The summed E-state index contributed by atoms with van der Waals surface area (Å²) in [6.45, 7) is 11.0. The van der Waals surface area contributed by atoms with E-state index in [1.807, 2.05) is 6.20 Å². The molecule has 0 bridgehead atoms. The lowest BCUT2D eigenvalue weighted by molar-refractivity contribution is 0.139. The van der Waals surface area contributed by atoms with Crippen molar-refractivity contribution >= 4 is 11.5 Å². The van der Waals surface area contributed by atoms with Crippen molar-refractivity contribution in [3.8, 4) is 0 Å². The Bertz CT molecular complexity index is 416. The third kappa shape index (κ3) is 3.38. The van der Waals surface area contributed by atoms with Gasteiger partial charge in [-0.1, -0.05) is 6.92 Å². The minimum Gasteiger partial charge on any atom is -0.370 e. The molecule has 106 valence electrons. The van der Waals surface area contributed by atoms with E-state index in [9.17, 15) is 0 Å². The van der Waals surface area contributed by atoms with Crippen LogP contribution in [0.1, 0.15) is 27.2 Å². The monoisotopic (exact) mass is 262 g/mol. The number of hydrogen-bond acceptors (Lipinski definition) is 4. The molecular weight excluding hydrogens is 236 g/mol. The van der Waals surface area contributed by atoms with E-state index in [4.69, 9.17) is 0 Å². The number of pyridine rings is 1. The van der Waals surface area contributed by atoms with Crippen LogP contribution in [0.5, 0.6) is 0 Å². The fourth-order valence-electron chi connectivity index (χ4n) is 2.43. The summed E-state index contributed by atoms with van der Waals surface area (Å²) in [5.41, 5.74) is 1.49. The van der Waals surface area contributed by atoms with Gasteiger partial charge in [-0.15, -0.1) is 0 Å². The Morgan fingerprint density at radius 2 is 2.16 bits per heavy atom. The van der Waals surface area contributed by atoms with Crippen molar-refractivity contribution in [2.24, 2.45) is 0 Å². The van der Waals surface area contributed by atoms with Gasteiger partial charge in [0, 0.05) is 49.7 Å². The number of nitrogens with zero attached hydrogens (tertiary/aromatic N) is 3. The van der Waals surface area contributed by atoms with Gasteiger partial charge >= 0.3 is 0 Å². The van der Waals surface area contributed by atoms with Gasteiger partial charge < -0.3 is 10.2 Å². The molecule has 1 aliphatic rings. The highest BCUT2D eigenvalue weighted by Crippen LogP contribution is 2.25. The first-order valence-electron chi connectivity index (χ1n) is 7.19. The first kappa shape index (κ1) is 14.1. The van der Waals surface area contributed by atoms with Crippen LogP contribution in [0, 0.1) is 0 Å². The maximum atomic E-state index is 4.37. The standard InChI is InChI=1S/C15H26N4/c1-5-7-16-14-11-13(6-8-17-14)19-10-9-18(4)15(2,3)12-19/h6,8,11H,5,7,9-10,12H2,1-4H3,(H,16,17). The third-order valence-electron chi connectivity index (χ3n) is 3.98. The lowest BCUT2D eigenvalue weighted by atomic mass is 9.99. The molecule has 1 N–H and O–H groups in total. The normalized spacial score (nSPS) is 19.5. The Labute approximate surface area is 116 Å². The molecule has 2 rings (SSSR count). The Balaban J connectivity index is 2.09.